The van der Waals surface area contributed by atoms with E-state index in [0.717, 1.165) is 17.1 Å². The van der Waals surface area contributed by atoms with Crippen molar-refractivity contribution < 1.29 is 4.74 Å². The van der Waals surface area contributed by atoms with Gasteiger partial charge in [-0.1, -0.05) is 13.0 Å². The summed E-state index contributed by atoms with van der Waals surface area (Å²) in [5.41, 5.74) is 1.07. The molecule has 0 aliphatic carbocycles. The van der Waals surface area contributed by atoms with Crippen LogP contribution in [-0.2, 0) is 20.1 Å². The van der Waals surface area contributed by atoms with Crippen LogP contribution in [0.1, 0.15) is 20.3 Å². The molecule has 9 nitrogen and oxygen atoms in total. The Morgan fingerprint density at radius 1 is 1.03 bits per heavy atom. The van der Waals surface area contributed by atoms with Gasteiger partial charge in [0.2, 0.25) is 0 Å². The van der Waals surface area contributed by atoms with Gasteiger partial charge in [0.1, 0.15) is 24.0 Å². The SMILES string of the molecule is CCCn1c(=O)c2c(nc(-c3ccc(OCCN(C)c4ccccn4)cc3)n2CC)n(C)c1=O. The third-order valence-electron chi connectivity index (χ3n) is 5.84. The van der Waals surface area contributed by atoms with Crippen LogP contribution in [0.5, 0.6) is 5.75 Å². The maximum absolute atomic E-state index is 13.1. The molecule has 4 aromatic rings. The van der Waals surface area contributed by atoms with Crippen LogP contribution in [0.2, 0.25) is 0 Å². The van der Waals surface area contributed by atoms with Gasteiger partial charge in [0, 0.05) is 38.9 Å². The molecule has 0 saturated heterocycles. The third-order valence-corrected chi connectivity index (χ3v) is 5.84. The summed E-state index contributed by atoms with van der Waals surface area (Å²) in [6.07, 6.45) is 2.47. The van der Waals surface area contributed by atoms with Gasteiger partial charge in [-0.15, -0.1) is 0 Å². The monoisotopic (exact) mass is 462 g/mol. The average Bonchev–Trinajstić information content (AvgIpc) is 3.26. The number of benzene rings is 1. The lowest BCUT2D eigenvalue weighted by molar-refractivity contribution is 0.325. The number of imidazole rings is 1. The van der Waals surface area contributed by atoms with E-state index in [1.807, 2.05) is 72.8 Å². The van der Waals surface area contributed by atoms with Gasteiger partial charge >= 0.3 is 5.69 Å². The largest absolute Gasteiger partial charge is 0.492 e. The zero-order valence-corrected chi connectivity index (χ0v) is 20.1. The van der Waals surface area contributed by atoms with Crippen molar-refractivity contribution in [1.29, 1.82) is 0 Å². The molecule has 34 heavy (non-hydrogen) atoms. The average molecular weight is 463 g/mol. The molecule has 0 amide bonds. The molecule has 0 aliphatic heterocycles. The van der Waals surface area contributed by atoms with Crippen LogP contribution in [0.15, 0.2) is 58.3 Å². The molecule has 178 valence electrons. The lowest BCUT2D eigenvalue weighted by atomic mass is 10.2. The van der Waals surface area contributed by atoms with Gasteiger partial charge in [-0.3, -0.25) is 13.9 Å². The highest BCUT2D eigenvalue weighted by Gasteiger charge is 2.20. The van der Waals surface area contributed by atoms with Crippen molar-refractivity contribution in [1.82, 2.24) is 23.7 Å². The molecule has 9 heteroatoms. The van der Waals surface area contributed by atoms with Crippen LogP contribution < -0.4 is 20.9 Å². The van der Waals surface area contributed by atoms with Crippen molar-refractivity contribution in [3.05, 3.63) is 69.5 Å². The van der Waals surface area contributed by atoms with E-state index in [-0.39, 0.29) is 11.2 Å². The third kappa shape index (κ3) is 4.33. The number of likely N-dealkylation sites (N-methyl/N-ethyl adjacent to an activating group) is 1. The second-order valence-corrected chi connectivity index (χ2v) is 8.13. The Morgan fingerprint density at radius 3 is 2.44 bits per heavy atom. The Bertz CT molecular complexity index is 1390. The molecule has 0 unspecified atom stereocenters. The highest BCUT2D eigenvalue weighted by Crippen LogP contribution is 2.25. The van der Waals surface area contributed by atoms with Crippen molar-refractivity contribution in [3.63, 3.8) is 0 Å². The predicted octanol–water partition coefficient (Wildman–Crippen LogP) is 2.90. The number of aromatic nitrogens is 5. The molecule has 3 heterocycles. The number of anilines is 1. The molecule has 0 fully saturated rings. The Morgan fingerprint density at radius 2 is 1.79 bits per heavy atom. The minimum atomic E-state index is -0.342. The molecule has 4 rings (SSSR count). The summed E-state index contributed by atoms with van der Waals surface area (Å²) in [4.78, 5) is 36.8. The molecule has 0 aliphatic rings. The number of aryl methyl sites for hydroxylation is 2. The van der Waals surface area contributed by atoms with Crippen molar-refractivity contribution in [2.24, 2.45) is 7.05 Å². The van der Waals surface area contributed by atoms with Gasteiger partial charge in [0.05, 0.1) is 6.54 Å². The van der Waals surface area contributed by atoms with Crippen LogP contribution in [0.3, 0.4) is 0 Å². The summed E-state index contributed by atoms with van der Waals surface area (Å²) >= 11 is 0. The number of rotatable bonds is 9. The zero-order chi connectivity index (χ0) is 24.2. The van der Waals surface area contributed by atoms with Gasteiger partial charge in [0.15, 0.2) is 11.2 Å². The number of fused-ring (bicyclic) bond motifs is 1. The first-order valence-electron chi connectivity index (χ1n) is 11.5. The van der Waals surface area contributed by atoms with E-state index in [9.17, 15) is 9.59 Å². The smallest absolute Gasteiger partial charge is 0.332 e. The van der Waals surface area contributed by atoms with E-state index in [4.69, 9.17) is 4.74 Å². The van der Waals surface area contributed by atoms with Crippen molar-refractivity contribution in [2.75, 3.05) is 25.1 Å². The molecule has 0 atom stereocenters. The minimum absolute atomic E-state index is 0.294. The fourth-order valence-corrected chi connectivity index (χ4v) is 4.02. The highest BCUT2D eigenvalue weighted by atomic mass is 16.5. The van der Waals surface area contributed by atoms with E-state index in [0.29, 0.717) is 49.7 Å². The number of hydrogen-bond donors (Lipinski definition) is 0. The summed E-state index contributed by atoms with van der Waals surface area (Å²) in [6.45, 7) is 6.06. The molecular weight excluding hydrogens is 432 g/mol. The Balaban J connectivity index is 1.57. The summed E-state index contributed by atoms with van der Waals surface area (Å²) in [5.74, 6) is 2.29. The number of nitrogens with zero attached hydrogens (tertiary/aromatic N) is 6. The maximum Gasteiger partial charge on any atom is 0.332 e. The van der Waals surface area contributed by atoms with E-state index in [1.54, 1.807) is 13.2 Å². The predicted molar refractivity (Wildman–Crippen MR) is 134 cm³/mol. The van der Waals surface area contributed by atoms with Gasteiger partial charge in [0.25, 0.3) is 5.56 Å². The van der Waals surface area contributed by atoms with E-state index >= 15 is 0 Å². The quantitative estimate of drug-likeness (QED) is 0.380. The molecule has 0 saturated carbocycles. The Labute approximate surface area is 197 Å². The van der Waals surface area contributed by atoms with Crippen molar-refractivity contribution in [3.8, 4) is 17.1 Å². The molecule has 1 aromatic carbocycles. The number of hydrogen-bond acceptors (Lipinski definition) is 6. The van der Waals surface area contributed by atoms with Crippen LogP contribution in [0, 0.1) is 0 Å². The van der Waals surface area contributed by atoms with Crippen LogP contribution in [-0.4, -0.2) is 43.9 Å². The number of pyridine rings is 1. The van der Waals surface area contributed by atoms with Crippen LogP contribution in [0.25, 0.3) is 22.6 Å². The summed E-state index contributed by atoms with van der Waals surface area (Å²) in [5, 5.41) is 0. The normalized spacial score (nSPS) is 11.2. The molecule has 0 N–H and O–H groups in total. The molecule has 3 aromatic heterocycles. The molecule has 0 bridgehead atoms. The van der Waals surface area contributed by atoms with Crippen LogP contribution in [0.4, 0.5) is 5.82 Å². The molecule has 0 spiro atoms. The Hall–Kier alpha value is -3.88. The summed E-state index contributed by atoms with van der Waals surface area (Å²) in [7, 11) is 3.64. The van der Waals surface area contributed by atoms with E-state index < -0.39 is 0 Å². The molecular formula is C25H30N6O3. The lowest BCUT2D eigenvalue weighted by Gasteiger charge is -2.18. The first-order chi connectivity index (χ1) is 16.5. The number of ether oxygens (including phenoxy) is 1. The first-order valence-corrected chi connectivity index (χ1v) is 11.5. The highest BCUT2D eigenvalue weighted by molar-refractivity contribution is 5.77. The van der Waals surface area contributed by atoms with Crippen molar-refractivity contribution >= 4 is 17.0 Å². The second-order valence-electron chi connectivity index (χ2n) is 8.13. The first kappa shape index (κ1) is 23.3. The Kier molecular flexibility index (Phi) is 6.81. The zero-order valence-electron chi connectivity index (χ0n) is 20.1. The second kappa shape index (κ2) is 9.94. The summed E-state index contributed by atoms with van der Waals surface area (Å²) in [6, 6.07) is 13.4. The van der Waals surface area contributed by atoms with E-state index in [2.05, 4.69) is 9.97 Å². The maximum atomic E-state index is 13.1. The fraction of sp³-hybridized carbons (Fsp3) is 0.360. The van der Waals surface area contributed by atoms with Crippen LogP contribution >= 0.6 is 0 Å². The standard InChI is InChI=1S/C25H30N6O3/c1-5-15-31-24(32)21-23(29(4)25(31)33)27-22(30(21)6-2)18-10-12-19(13-11-18)34-17-16-28(3)20-9-7-8-14-26-20/h7-14H,5-6,15-17H2,1-4H3. The summed E-state index contributed by atoms with van der Waals surface area (Å²) < 4.78 is 10.5. The van der Waals surface area contributed by atoms with Gasteiger partial charge in [-0.2, -0.15) is 0 Å². The fourth-order valence-electron chi connectivity index (χ4n) is 4.02. The van der Waals surface area contributed by atoms with Gasteiger partial charge in [-0.05, 0) is 49.7 Å². The van der Waals surface area contributed by atoms with Gasteiger partial charge < -0.3 is 14.2 Å². The molecule has 0 radical (unpaired) electrons. The minimum Gasteiger partial charge on any atom is -0.492 e. The van der Waals surface area contributed by atoms with Gasteiger partial charge in [-0.25, -0.2) is 14.8 Å². The van der Waals surface area contributed by atoms with E-state index in [1.165, 1.54) is 9.13 Å². The lowest BCUT2D eigenvalue weighted by Crippen LogP contribution is -2.39. The van der Waals surface area contributed by atoms with Crippen molar-refractivity contribution in [2.45, 2.75) is 33.4 Å². The topological polar surface area (TPSA) is 87.2 Å².